The number of anilines is 2. The molecule has 4 nitrogen and oxygen atoms in total. The normalized spacial score (nSPS) is 10.4. The third-order valence-corrected chi connectivity index (χ3v) is 4.07. The van der Waals surface area contributed by atoms with Gasteiger partial charge in [0.1, 0.15) is 11.6 Å². The van der Waals surface area contributed by atoms with Gasteiger partial charge in [0.2, 0.25) is 0 Å². The van der Waals surface area contributed by atoms with Gasteiger partial charge in [-0.1, -0.05) is 41.9 Å². The zero-order valence-corrected chi connectivity index (χ0v) is 14.6. The van der Waals surface area contributed by atoms with Crippen LogP contribution in [0, 0.1) is 5.82 Å². The number of nitrogens with one attached hydrogen (secondary N) is 2. The van der Waals surface area contributed by atoms with Crippen molar-refractivity contribution in [3.63, 3.8) is 0 Å². The van der Waals surface area contributed by atoms with Crippen LogP contribution >= 0.6 is 11.6 Å². The number of halogens is 2. The molecule has 0 fully saturated rings. The fourth-order valence-electron chi connectivity index (χ4n) is 2.46. The number of carbonyl (C=O) groups is 1. The summed E-state index contributed by atoms with van der Waals surface area (Å²) in [5.41, 5.74) is 2.10. The largest absolute Gasteiger partial charge is 0.352 e. The fourth-order valence-corrected chi connectivity index (χ4v) is 2.64. The van der Waals surface area contributed by atoms with Gasteiger partial charge in [-0.05, 0) is 42.3 Å². The molecule has 1 aromatic heterocycles. The second-order valence-corrected chi connectivity index (χ2v) is 6.05. The molecule has 0 aliphatic carbocycles. The molecule has 0 atom stereocenters. The van der Waals surface area contributed by atoms with Crippen LogP contribution < -0.4 is 10.6 Å². The summed E-state index contributed by atoms with van der Waals surface area (Å²) >= 11 is 5.79. The number of benzene rings is 2. The van der Waals surface area contributed by atoms with Crippen LogP contribution in [0.2, 0.25) is 5.02 Å². The van der Waals surface area contributed by atoms with Crippen molar-refractivity contribution in [1.82, 2.24) is 10.3 Å². The van der Waals surface area contributed by atoms with Crippen molar-refractivity contribution < 1.29 is 9.18 Å². The minimum atomic E-state index is -0.503. The summed E-state index contributed by atoms with van der Waals surface area (Å²) in [6.45, 7) is 0.513. The average Bonchev–Trinajstić information content (AvgIpc) is 2.66. The van der Waals surface area contributed by atoms with Crippen molar-refractivity contribution in [3.8, 4) is 0 Å². The smallest absolute Gasteiger partial charge is 0.255 e. The van der Waals surface area contributed by atoms with Crippen molar-refractivity contribution in [2.45, 2.75) is 6.42 Å². The van der Waals surface area contributed by atoms with Gasteiger partial charge >= 0.3 is 0 Å². The lowest BCUT2D eigenvalue weighted by Gasteiger charge is -2.11. The first-order valence-electron chi connectivity index (χ1n) is 8.13. The van der Waals surface area contributed by atoms with E-state index < -0.39 is 5.82 Å². The zero-order valence-electron chi connectivity index (χ0n) is 13.9. The van der Waals surface area contributed by atoms with Crippen LogP contribution in [0.25, 0.3) is 0 Å². The Labute approximate surface area is 156 Å². The van der Waals surface area contributed by atoms with Crippen LogP contribution in [0.3, 0.4) is 0 Å². The van der Waals surface area contributed by atoms with E-state index in [2.05, 4.69) is 15.6 Å². The monoisotopic (exact) mass is 369 g/mol. The van der Waals surface area contributed by atoms with Gasteiger partial charge < -0.3 is 10.6 Å². The molecule has 3 aromatic rings. The Morgan fingerprint density at radius 1 is 1.08 bits per heavy atom. The quantitative estimate of drug-likeness (QED) is 0.668. The molecule has 0 saturated carbocycles. The number of carbonyl (C=O) groups excluding carboxylic acids is 1. The van der Waals surface area contributed by atoms with Crippen LogP contribution in [0.5, 0.6) is 0 Å². The molecule has 0 spiro atoms. The second-order valence-electron chi connectivity index (χ2n) is 5.64. The van der Waals surface area contributed by atoms with Crippen molar-refractivity contribution in [3.05, 3.63) is 88.8 Å². The molecule has 1 heterocycles. The van der Waals surface area contributed by atoms with E-state index in [4.69, 9.17) is 11.6 Å². The highest BCUT2D eigenvalue weighted by atomic mass is 35.5. The number of hydrogen-bond donors (Lipinski definition) is 2. The summed E-state index contributed by atoms with van der Waals surface area (Å²) in [6, 6.07) is 17.5. The Balaban J connectivity index is 1.67. The van der Waals surface area contributed by atoms with Crippen molar-refractivity contribution in [2.75, 3.05) is 11.9 Å². The summed E-state index contributed by atoms with van der Waals surface area (Å²) in [6.07, 6.45) is 2.32. The van der Waals surface area contributed by atoms with Crippen molar-refractivity contribution in [2.24, 2.45) is 0 Å². The molecule has 26 heavy (non-hydrogen) atoms. The fraction of sp³-hybridized carbons (Fsp3) is 0.100. The number of nitrogens with zero attached hydrogens (tertiary/aromatic N) is 1. The molecular weight excluding hydrogens is 353 g/mol. The van der Waals surface area contributed by atoms with Gasteiger partial charge in [0.25, 0.3) is 5.91 Å². The number of amides is 1. The molecule has 6 heteroatoms. The van der Waals surface area contributed by atoms with E-state index in [1.165, 1.54) is 18.2 Å². The van der Waals surface area contributed by atoms with Crippen LogP contribution in [0.4, 0.5) is 15.9 Å². The maximum absolute atomic E-state index is 13.3. The Bertz CT molecular complexity index is 903. The van der Waals surface area contributed by atoms with E-state index >= 15 is 0 Å². The summed E-state index contributed by atoms with van der Waals surface area (Å²) in [7, 11) is 0. The highest BCUT2D eigenvalue weighted by Gasteiger charge is 2.12. The molecule has 0 bridgehead atoms. The molecule has 0 aliphatic heterocycles. The minimum absolute atomic E-state index is 0.000191. The van der Waals surface area contributed by atoms with Gasteiger partial charge in [0, 0.05) is 18.4 Å². The van der Waals surface area contributed by atoms with E-state index in [0.717, 1.165) is 12.0 Å². The maximum atomic E-state index is 13.3. The van der Waals surface area contributed by atoms with Gasteiger partial charge in [-0.15, -0.1) is 0 Å². The van der Waals surface area contributed by atoms with Crippen LogP contribution in [-0.2, 0) is 6.42 Å². The lowest BCUT2D eigenvalue weighted by Crippen LogP contribution is -2.26. The standard InChI is InChI=1S/C20H17ClFN3O/c21-17-13-15(8-9-18(17)22)25-19-16(7-4-11-23-19)20(26)24-12-10-14-5-2-1-3-6-14/h1-9,11,13H,10,12H2,(H,23,25)(H,24,26). The van der Waals surface area contributed by atoms with E-state index in [9.17, 15) is 9.18 Å². The second kappa shape index (κ2) is 8.45. The van der Waals surface area contributed by atoms with E-state index in [-0.39, 0.29) is 10.9 Å². The third-order valence-electron chi connectivity index (χ3n) is 3.78. The molecule has 0 aliphatic rings. The van der Waals surface area contributed by atoms with Gasteiger partial charge in [0.05, 0.1) is 10.6 Å². The summed E-state index contributed by atoms with van der Waals surface area (Å²) in [4.78, 5) is 16.7. The number of rotatable bonds is 6. The molecule has 2 aromatic carbocycles. The summed E-state index contributed by atoms with van der Waals surface area (Å²) < 4.78 is 13.3. The van der Waals surface area contributed by atoms with Gasteiger partial charge in [0.15, 0.2) is 0 Å². The Morgan fingerprint density at radius 3 is 2.65 bits per heavy atom. The Kier molecular flexibility index (Phi) is 5.81. The third kappa shape index (κ3) is 4.58. The number of hydrogen-bond acceptors (Lipinski definition) is 3. The van der Waals surface area contributed by atoms with E-state index in [1.54, 1.807) is 18.3 Å². The van der Waals surface area contributed by atoms with Gasteiger partial charge in [-0.3, -0.25) is 4.79 Å². The lowest BCUT2D eigenvalue weighted by atomic mass is 10.1. The molecule has 0 saturated heterocycles. The van der Waals surface area contributed by atoms with E-state index in [0.29, 0.717) is 23.6 Å². The zero-order chi connectivity index (χ0) is 18.4. The summed E-state index contributed by atoms with van der Waals surface area (Å²) in [5.74, 6) is -0.353. The predicted molar refractivity (Wildman–Crippen MR) is 101 cm³/mol. The lowest BCUT2D eigenvalue weighted by molar-refractivity contribution is 0.0954. The highest BCUT2D eigenvalue weighted by Crippen LogP contribution is 2.23. The molecular formula is C20H17ClFN3O. The van der Waals surface area contributed by atoms with Gasteiger partial charge in [-0.25, -0.2) is 9.37 Å². The number of pyridine rings is 1. The first-order chi connectivity index (χ1) is 12.6. The van der Waals surface area contributed by atoms with Gasteiger partial charge in [-0.2, -0.15) is 0 Å². The molecule has 0 unspecified atom stereocenters. The van der Waals surface area contributed by atoms with Crippen LogP contribution in [-0.4, -0.2) is 17.4 Å². The van der Waals surface area contributed by atoms with E-state index in [1.807, 2.05) is 30.3 Å². The maximum Gasteiger partial charge on any atom is 0.255 e. The molecule has 0 radical (unpaired) electrons. The van der Waals surface area contributed by atoms with Crippen LogP contribution in [0.1, 0.15) is 15.9 Å². The highest BCUT2D eigenvalue weighted by molar-refractivity contribution is 6.31. The number of aromatic nitrogens is 1. The minimum Gasteiger partial charge on any atom is -0.352 e. The SMILES string of the molecule is O=C(NCCc1ccccc1)c1cccnc1Nc1ccc(F)c(Cl)c1. The first-order valence-corrected chi connectivity index (χ1v) is 8.50. The van der Waals surface area contributed by atoms with Crippen molar-refractivity contribution >= 4 is 29.0 Å². The predicted octanol–water partition coefficient (Wildman–Crippen LogP) is 4.59. The van der Waals surface area contributed by atoms with Crippen molar-refractivity contribution in [1.29, 1.82) is 0 Å². The summed E-state index contributed by atoms with van der Waals surface area (Å²) in [5, 5.41) is 5.90. The molecule has 3 rings (SSSR count). The Morgan fingerprint density at radius 2 is 1.88 bits per heavy atom. The average molecular weight is 370 g/mol. The molecule has 2 N–H and O–H groups in total. The topological polar surface area (TPSA) is 54.0 Å². The first kappa shape index (κ1) is 17.9. The molecule has 1 amide bonds. The molecule has 132 valence electrons. The van der Waals surface area contributed by atoms with Crippen LogP contribution in [0.15, 0.2) is 66.9 Å². The Hall–Kier alpha value is -2.92.